The fourth-order valence-corrected chi connectivity index (χ4v) is 1.08. The van der Waals surface area contributed by atoms with E-state index in [0.717, 1.165) is 6.07 Å². The van der Waals surface area contributed by atoms with Gasteiger partial charge in [0.2, 0.25) is 0 Å². The average Bonchev–Trinajstić information content (AvgIpc) is 2.16. The Balaban J connectivity index is 2.92. The van der Waals surface area contributed by atoms with Gasteiger partial charge in [0.25, 0.3) is 0 Å². The molecule has 0 unspecified atom stereocenters. The molecule has 0 bridgehead atoms. The van der Waals surface area contributed by atoms with E-state index in [1.165, 1.54) is 19.2 Å². The van der Waals surface area contributed by atoms with Crippen molar-refractivity contribution < 1.29 is 23.8 Å². The molecule has 0 spiro atoms. The molecule has 1 rings (SSSR count). The monoisotopic (exact) mass is 212 g/mol. The summed E-state index contributed by atoms with van der Waals surface area (Å²) in [5, 5.41) is 8.38. The summed E-state index contributed by atoms with van der Waals surface area (Å²) >= 11 is 0. The Labute approximate surface area is 85.3 Å². The second kappa shape index (κ2) is 4.54. The van der Waals surface area contributed by atoms with Gasteiger partial charge in [0.1, 0.15) is 6.42 Å². The molecule has 5 heteroatoms. The van der Waals surface area contributed by atoms with Gasteiger partial charge in [-0.15, -0.1) is 0 Å². The number of benzene rings is 1. The third-order valence-corrected chi connectivity index (χ3v) is 1.79. The molecule has 15 heavy (non-hydrogen) atoms. The maximum absolute atomic E-state index is 13.1. The number of aliphatic carboxylic acids is 1. The van der Waals surface area contributed by atoms with Gasteiger partial charge in [0, 0.05) is 5.56 Å². The molecule has 1 aromatic carbocycles. The second-order valence-electron chi connectivity index (χ2n) is 2.84. The van der Waals surface area contributed by atoms with Crippen LogP contribution in [-0.2, 0) is 4.79 Å². The number of methoxy groups -OCH3 is 1. The average molecular weight is 212 g/mol. The number of hydrogen-bond acceptors (Lipinski definition) is 3. The molecule has 0 atom stereocenters. The van der Waals surface area contributed by atoms with Crippen molar-refractivity contribution in [3.63, 3.8) is 0 Å². The van der Waals surface area contributed by atoms with E-state index in [1.54, 1.807) is 0 Å². The van der Waals surface area contributed by atoms with E-state index in [0.29, 0.717) is 0 Å². The molecule has 80 valence electrons. The van der Waals surface area contributed by atoms with Gasteiger partial charge in [-0.1, -0.05) is 0 Å². The maximum Gasteiger partial charge on any atom is 0.311 e. The number of carboxylic acids is 1. The molecular formula is C10H9FO4. The Bertz CT molecular complexity index is 400. The lowest BCUT2D eigenvalue weighted by Crippen LogP contribution is -2.07. The van der Waals surface area contributed by atoms with Crippen LogP contribution in [0, 0.1) is 5.82 Å². The molecule has 0 aromatic heterocycles. The van der Waals surface area contributed by atoms with Crippen LogP contribution in [0.25, 0.3) is 0 Å². The van der Waals surface area contributed by atoms with Crippen LogP contribution < -0.4 is 4.74 Å². The standard InChI is InChI=1S/C10H9FO4/c1-15-9-3-2-6(4-7(9)11)8(12)5-10(13)14/h2-4H,5H2,1H3,(H,13,14). The second-order valence-corrected chi connectivity index (χ2v) is 2.84. The van der Waals surface area contributed by atoms with Crippen molar-refractivity contribution in [3.05, 3.63) is 29.6 Å². The zero-order valence-electron chi connectivity index (χ0n) is 7.99. The number of hydrogen-bond donors (Lipinski definition) is 1. The van der Waals surface area contributed by atoms with Crippen LogP contribution in [0.3, 0.4) is 0 Å². The Morgan fingerprint density at radius 1 is 1.47 bits per heavy atom. The molecular weight excluding hydrogens is 203 g/mol. The first-order chi connectivity index (χ1) is 7.04. The third kappa shape index (κ3) is 2.77. The molecule has 1 aromatic rings. The van der Waals surface area contributed by atoms with E-state index in [2.05, 4.69) is 4.74 Å². The van der Waals surface area contributed by atoms with Crippen molar-refractivity contribution in [2.24, 2.45) is 0 Å². The highest BCUT2D eigenvalue weighted by Gasteiger charge is 2.12. The van der Waals surface area contributed by atoms with Crippen LogP contribution in [0.2, 0.25) is 0 Å². The molecule has 4 nitrogen and oxygen atoms in total. The summed E-state index contributed by atoms with van der Waals surface area (Å²) in [6.07, 6.45) is -0.647. The zero-order chi connectivity index (χ0) is 11.4. The fourth-order valence-electron chi connectivity index (χ4n) is 1.08. The van der Waals surface area contributed by atoms with E-state index in [4.69, 9.17) is 5.11 Å². The van der Waals surface area contributed by atoms with Crippen molar-refractivity contribution >= 4 is 11.8 Å². The number of halogens is 1. The third-order valence-electron chi connectivity index (χ3n) is 1.79. The van der Waals surface area contributed by atoms with E-state index >= 15 is 0 Å². The molecule has 1 N–H and O–H groups in total. The first kappa shape index (κ1) is 11.2. The molecule has 0 radical (unpaired) electrons. The van der Waals surface area contributed by atoms with Gasteiger partial charge in [0.15, 0.2) is 17.3 Å². The van der Waals surface area contributed by atoms with Crippen molar-refractivity contribution in [1.29, 1.82) is 0 Å². The van der Waals surface area contributed by atoms with Crippen LogP contribution in [-0.4, -0.2) is 24.0 Å². The summed E-state index contributed by atoms with van der Waals surface area (Å²) in [5.41, 5.74) is 0.0238. The summed E-state index contributed by atoms with van der Waals surface area (Å²) in [4.78, 5) is 21.5. The summed E-state index contributed by atoms with van der Waals surface area (Å²) in [5.74, 6) is -2.55. The maximum atomic E-state index is 13.1. The number of carboxylic acid groups (broad SMARTS) is 1. The fraction of sp³-hybridized carbons (Fsp3) is 0.200. The Kier molecular flexibility index (Phi) is 3.38. The Morgan fingerprint density at radius 2 is 2.13 bits per heavy atom. The molecule has 0 aliphatic heterocycles. The first-order valence-corrected chi connectivity index (χ1v) is 4.13. The Hall–Kier alpha value is -1.91. The smallest absolute Gasteiger partial charge is 0.311 e. The normalized spacial score (nSPS) is 9.73. The predicted molar refractivity (Wildman–Crippen MR) is 49.5 cm³/mol. The molecule has 0 aliphatic carbocycles. The molecule has 0 saturated heterocycles. The molecule has 0 fully saturated rings. The number of rotatable bonds is 4. The van der Waals surface area contributed by atoms with E-state index < -0.39 is 24.0 Å². The van der Waals surface area contributed by atoms with Crippen LogP contribution in [0.4, 0.5) is 4.39 Å². The SMILES string of the molecule is COc1ccc(C(=O)CC(=O)O)cc1F. The van der Waals surface area contributed by atoms with Gasteiger partial charge < -0.3 is 9.84 Å². The highest BCUT2D eigenvalue weighted by Crippen LogP contribution is 2.18. The van der Waals surface area contributed by atoms with E-state index in [-0.39, 0.29) is 11.3 Å². The lowest BCUT2D eigenvalue weighted by atomic mass is 10.1. The van der Waals surface area contributed by atoms with Gasteiger partial charge in [-0.2, -0.15) is 0 Å². The minimum absolute atomic E-state index is 0.0156. The van der Waals surface area contributed by atoms with Gasteiger partial charge in [0.05, 0.1) is 7.11 Å². The highest BCUT2D eigenvalue weighted by atomic mass is 19.1. The first-order valence-electron chi connectivity index (χ1n) is 4.13. The summed E-state index contributed by atoms with van der Waals surface area (Å²) in [7, 11) is 1.30. The summed E-state index contributed by atoms with van der Waals surface area (Å²) in [6.45, 7) is 0. The van der Waals surface area contributed by atoms with Crippen molar-refractivity contribution in [1.82, 2.24) is 0 Å². The van der Waals surface area contributed by atoms with Gasteiger partial charge in [-0.25, -0.2) is 4.39 Å². The summed E-state index contributed by atoms with van der Waals surface area (Å²) < 4.78 is 17.8. The van der Waals surface area contributed by atoms with Gasteiger partial charge in [-0.3, -0.25) is 9.59 Å². The van der Waals surface area contributed by atoms with Crippen LogP contribution in [0.5, 0.6) is 5.75 Å². The van der Waals surface area contributed by atoms with Crippen LogP contribution in [0.15, 0.2) is 18.2 Å². The lowest BCUT2D eigenvalue weighted by Gasteiger charge is -2.03. The van der Waals surface area contributed by atoms with Crippen molar-refractivity contribution in [3.8, 4) is 5.75 Å². The van der Waals surface area contributed by atoms with Crippen molar-refractivity contribution in [2.45, 2.75) is 6.42 Å². The highest BCUT2D eigenvalue weighted by molar-refractivity contribution is 6.05. The quantitative estimate of drug-likeness (QED) is 0.606. The van der Waals surface area contributed by atoms with Crippen LogP contribution >= 0.6 is 0 Å². The topological polar surface area (TPSA) is 63.6 Å². The predicted octanol–water partition coefficient (Wildman–Crippen LogP) is 1.49. The molecule has 0 saturated carbocycles. The number of Topliss-reactive ketones (excluding diaryl/α,β-unsaturated/α-hetero) is 1. The minimum atomic E-state index is -1.24. The largest absolute Gasteiger partial charge is 0.494 e. The Morgan fingerprint density at radius 3 is 2.60 bits per heavy atom. The molecule has 0 aliphatic rings. The zero-order valence-corrected chi connectivity index (χ0v) is 7.99. The van der Waals surface area contributed by atoms with E-state index in [9.17, 15) is 14.0 Å². The lowest BCUT2D eigenvalue weighted by molar-refractivity contribution is -0.135. The van der Waals surface area contributed by atoms with Gasteiger partial charge >= 0.3 is 5.97 Å². The van der Waals surface area contributed by atoms with E-state index in [1.807, 2.05) is 0 Å². The number of ketones is 1. The number of carbonyl (C=O) groups excluding carboxylic acids is 1. The van der Waals surface area contributed by atoms with Crippen LogP contribution in [0.1, 0.15) is 16.8 Å². The van der Waals surface area contributed by atoms with Gasteiger partial charge in [-0.05, 0) is 18.2 Å². The summed E-state index contributed by atoms with van der Waals surface area (Å²) in [6, 6.07) is 3.57. The number of carbonyl (C=O) groups is 2. The molecule has 0 heterocycles. The minimum Gasteiger partial charge on any atom is -0.494 e. The molecule has 0 amide bonds. The number of ether oxygens (including phenoxy) is 1. The van der Waals surface area contributed by atoms with Crippen molar-refractivity contribution in [2.75, 3.05) is 7.11 Å².